The van der Waals surface area contributed by atoms with Crippen LogP contribution in [0.3, 0.4) is 0 Å². The lowest BCUT2D eigenvalue weighted by atomic mass is 9.81. The third-order valence-corrected chi connectivity index (χ3v) is 7.20. The van der Waals surface area contributed by atoms with Crippen LogP contribution in [0.5, 0.6) is 0 Å². The molecular weight excluding hydrogens is 414 g/mol. The third kappa shape index (κ3) is 4.40. The van der Waals surface area contributed by atoms with Crippen LogP contribution in [0, 0.1) is 11.8 Å². The molecule has 6 heteroatoms. The summed E-state index contributed by atoms with van der Waals surface area (Å²) in [5.74, 6) is 0.746. The van der Waals surface area contributed by atoms with E-state index >= 15 is 0 Å². The summed E-state index contributed by atoms with van der Waals surface area (Å²) < 4.78 is 7.35. The molecule has 1 N–H and O–H groups in total. The molecule has 2 heterocycles. The van der Waals surface area contributed by atoms with Crippen LogP contribution in [0.15, 0.2) is 54.7 Å². The van der Waals surface area contributed by atoms with Crippen LogP contribution in [-0.4, -0.2) is 41.5 Å². The molecule has 1 saturated carbocycles. The van der Waals surface area contributed by atoms with Gasteiger partial charge in [0.05, 0.1) is 17.8 Å². The molecule has 3 aromatic rings. The second-order valence-corrected chi connectivity index (χ2v) is 9.29. The predicted molar refractivity (Wildman–Crippen MR) is 129 cm³/mol. The highest BCUT2D eigenvalue weighted by Gasteiger charge is 2.32. The van der Waals surface area contributed by atoms with Crippen molar-refractivity contribution in [1.29, 1.82) is 0 Å². The number of carbonyl (C=O) groups is 2. The zero-order valence-corrected chi connectivity index (χ0v) is 19.1. The number of aromatic nitrogens is 1. The number of benzene rings is 2. The number of hydrogen-bond donors (Lipinski definition) is 1. The largest absolute Gasteiger partial charge is 0.383 e. The number of hydrogen-bond acceptors (Lipinski definition) is 3. The molecule has 0 unspecified atom stereocenters. The van der Waals surface area contributed by atoms with Crippen molar-refractivity contribution < 1.29 is 14.3 Å². The van der Waals surface area contributed by atoms with Gasteiger partial charge in [0.25, 0.3) is 5.91 Å². The first-order valence-corrected chi connectivity index (χ1v) is 11.9. The molecule has 1 fully saturated rings. The first kappa shape index (κ1) is 21.7. The Morgan fingerprint density at radius 2 is 1.88 bits per heavy atom. The van der Waals surface area contributed by atoms with Gasteiger partial charge in [0.15, 0.2) is 0 Å². The first-order chi connectivity index (χ1) is 16.1. The maximum absolute atomic E-state index is 13.0. The summed E-state index contributed by atoms with van der Waals surface area (Å²) in [7, 11) is 1.70. The fourth-order valence-corrected chi connectivity index (χ4v) is 5.33. The normalized spacial score (nSPS) is 20.3. The highest BCUT2D eigenvalue weighted by atomic mass is 16.5. The minimum Gasteiger partial charge on any atom is -0.383 e. The number of fused-ring (bicyclic) bond motifs is 2. The fraction of sp³-hybridized carbons (Fsp3) is 0.407. The maximum atomic E-state index is 13.0. The summed E-state index contributed by atoms with van der Waals surface area (Å²) in [5.41, 5.74) is 3.94. The van der Waals surface area contributed by atoms with Gasteiger partial charge in [-0.1, -0.05) is 24.3 Å². The molecule has 2 aromatic carbocycles. The number of amides is 2. The number of rotatable bonds is 7. The van der Waals surface area contributed by atoms with Crippen LogP contribution in [0.1, 0.15) is 41.6 Å². The van der Waals surface area contributed by atoms with Gasteiger partial charge in [-0.3, -0.25) is 9.59 Å². The molecule has 1 aliphatic carbocycles. The SMILES string of the molecule is COCCn1ccc2c(NC(=O)C3CCC(CN4Cc5ccccc5C4=O)CC3)cccc21. The van der Waals surface area contributed by atoms with Gasteiger partial charge >= 0.3 is 0 Å². The lowest BCUT2D eigenvalue weighted by molar-refractivity contribution is -0.121. The monoisotopic (exact) mass is 445 g/mol. The van der Waals surface area contributed by atoms with Crippen molar-refractivity contribution in [3.8, 4) is 0 Å². The molecule has 0 atom stereocenters. The van der Waals surface area contributed by atoms with E-state index in [0.29, 0.717) is 19.1 Å². The molecule has 0 spiro atoms. The van der Waals surface area contributed by atoms with Crippen molar-refractivity contribution in [2.45, 2.75) is 38.8 Å². The van der Waals surface area contributed by atoms with Gasteiger partial charge in [0.2, 0.25) is 5.91 Å². The molecule has 6 nitrogen and oxygen atoms in total. The minimum absolute atomic E-state index is 0.0264. The summed E-state index contributed by atoms with van der Waals surface area (Å²) >= 11 is 0. The molecule has 1 aromatic heterocycles. The quantitative estimate of drug-likeness (QED) is 0.574. The summed E-state index contributed by atoms with van der Waals surface area (Å²) in [6.45, 7) is 2.93. The molecule has 5 rings (SSSR count). The summed E-state index contributed by atoms with van der Waals surface area (Å²) in [6, 6.07) is 16.0. The predicted octanol–water partition coefficient (Wildman–Crippen LogP) is 4.69. The molecule has 0 bridgehead atoms. The van der Waals surface area contributed by atoms with Crippen LogP contribution >= 0.6 is 0 Å². The van der Waals surface area contributed by atoms with E-state index in [-0.39, 0.29) is 17.7 Å². The number of ether oxygens (including phenoxy) is 1. The topological polar surface area (TPSA) is 63.6 Å². The zero-order valence-electron chi connectivity index (χ0n) is 19.1. The zero-order chi connectivity index (χ0) is 22.8. The van der Waals surface area contributed by atoms with Gasteiger partial charge in [-0.25, -0.2) is 0 Å². The van der Waals surface area contributed by atoms with Crippen molar-refractivity contribution in [3.05, 3.63) is 65.9 Å². The number of anilines is 1. The minimum atomic E-state index is 0.0264. The molecular formula is C27H31N3O3. The van der Waals surface area contributed by atoms with Crippen LogP contribution in [0.25, 0.3) is 10.9 Å². The molecule has 0 saturated heterocycles. The number of methoxy groups -OCH3 is 1. The highest BCUT2D eigenvalue weighted by Crippen LogP contribution is 2.33. The Balaban J connectivity index is 1.16. The van der Waals surface area contributed by atoms with E-state index in [2.05, 4.69) is 22.0 Å². The second-order valence-electron chi connectivity index (χ2n) is 9.29. The number of nitrogens with zero attached hydrogens (tertiary/aromatic N) is 2. The van der Waals surface area contributed by atoms with Crippen LogP contribution in [0.2, 0.25) is 0 Å². The molecule has 1 aliphatic heterocycles. The van der Waals surface area contributed by atoms with Crippen molar-refractivity contribution >= 4 is 28.4 Å². The maximum Gasteiger partial charge on any atom is 0.254 e. The van der Waals surface area contributed by atoms with E-state index in [1.807, 2.05) is 47.5 Å². The van der Waals surface area contributed by atoms with Gasteiger partial charge in [-0.15, -0.1) is 0 Å². The Hall–Kier alpha value is -3.12. The van der Waals surface area contributed by atoms with Crippen molar-refractivity contribution in [2.75, 3.05) is 25.6 Å². The van der Waals surface area contributed by atoms with Gasteiger partial charge in [0, 0.05) is 49.8 Å². The number of nitrogens with one attached hydrogen (secondary N) is 1. The van der Waals surface area contributed by atoms with Gasteiger partial charge in [-0.05, 0) is 61.4 Å². The standard InChI is InChI=1S/C27H31N3O3/c1-33-16-15-29-14-13-23-24(7-4-8-25(23)29)28-26(31)20-11-9-19(10-12-20)17-30-18-21-5-2-3-6-22(21)27(30)32/h2-8,13-14,19-20H,9-12,15-18H2,1H3,(H,28,31). The van der Waals surface area contributed by atoms with Crippen molar-refractivity contribution in [2.24, 2.45) is 11.8 Å². The Morgan fingerprint density at radius 3 is 2.67 bits per heavy atom. The Morgan fingerprint density at radius 1 is 1.06 bits per heavy atom. The van der Waals surface area contributed by atoms with E-state index in [4.69, 9.17) is 4.74 Å². The highest BCUT2D eigenvalue weighted by molar-refractivity contribution is 6.02. The van der Waals surface area contributed by atoms with E-state index in [1.54, 1.807) is 7.11 Å². The van der Waals surface area contributed by atoms with E-state index in [9.17, 15) is 9.59 Å². The molecule has 172 valence electrons. The molecule has 2 amide bonds. The summed E-state index contributed by atoms with van der Waals surface area (Å²) in [6.07, 6.45) is 5.75. The Labute approximate surface area is 194 Å². The van der Waals surface area contributed by atoms with E-state index < -0.39 is 0 Å². The average Bonchev–Trinajstić information content (AvgIpc) is 3.40. The number of carbonyl (C=O) groups excluding carboxylic acids is 2. The Kier molecular flexibility index (Phi) is 6.18. The van der Waals surface area contributed by atoms with Gasteiger partial charge in [0.1, 0.15) is 0 Å². The van der Waals surface area contributed by atoms with Crippen molar-refractivity contribution in [3.63, 3.8) is 0 Å². The lowest BCUT2D eigenvalue weighted by Gasteiger charge is -2.30. The second kappa shape index (κ2) is 9.40. The molecule has 0 radical (unpaired) electrons. The Bertz CT molecular complexity index is 1160. The summed E-state index contributed by atoms with van der Waals surface area (Å²) in [4.78, 5) is 27.7. The van der Waals surface area contributed by atoms with Gasteiger partial charge in [-0.2, -0.15) is 0 Å². The molecule has 33 heavy (non-hydrogen) atoms. The van der Waals surface area contributed by atoms with Crippen LogP contribution in [-0.2, 0) is 22.6 Å². The average molecular weight is 446 g/mol. The van der Waals surface area contributed by atoms with E-state index in [1.165, 1.54) is 0 Å². The first-order valence-electron chi connectivity index (χ1n) is 11.9. The smallest absolute Gasteiger partial charge is 0.254 e. The van der Waals surface area contributed by atoms with Crippen molar-refractivity contribution in [1.82, 2.24) is 9.47 Å². The fourth-order valence-electron chi connectivity index (χ4n) is 5.33. The van der Waals surface area contributed by atoms with Crippen LogP contribution in [0.4, 0.5) is 5.69 Å². The van der Waals surface area contributed by atoms with Crippen LogP contribution < -0.4 is 5.32 Å². The summed E-state index contributed by atoms with van der Waals surface area (Å²) in [5, 5.41) is 4.24. The van der Waals surface area contributed by atoms with E-state index in [0.717, 1.165) is 66.5 Å². The molecule has 2 aliphatic rings. The lowest BCUT2D eigenvalue weighted by Crippen LogP contribution is -2.34. The van der Waals surface area contributed by atoms with Gasteiger partial charge < -0.3 is 19.5 Å². The third-order valence-electron chi connectivity index (χ3n) is 7.20.